The van der Waals surface area contributed by atoms with Crippen molar-refractivity contribution in [1.82, 2.24) is 19.7 Å². The van der Waals surface area contributed by atoms with E-state index in [2.05, 4.69) is 31.5 Å². The Kier molecular flexibility index (Phi) is 3.52. The Morgan fingerprint density at radius 2 is 2.18 bits per heavy atom. The van der Waals surface area contributed by atoms with Crippen LogP contribution in [0.25, 0.3) is 17.0 Å². The summed E-state index contributed by atoms with van der Waals surface area (Å²) < 4.78 is 2.93. The summed E-state index contributed by atoms with van der Waals surface area (Å²) in [6.45, 7) is 1.93. The number of rotatable bonds is 3. The van der Waals surface area contributed by atoms with Crippen molar-refractivity contribution in [1.29, 1.82) is 0 Å². The number of pyridine rings is 2. The number of nitrogens with one attached hydrogen (secondary N) is 2. The lowest BCUT2D eigenvalue weighted by Crippen LogP contribution is -2.51. The van der Waals surface area contributed by atoms with Crippen molar-refractivity contribution in [2.24, 2.45) is 0 Å². The van der Waals surface area contributed by atoms with Crippen molar-refractivity contribution in [3.05, 3.63) is 46.2 Å². The van der Waals surface area contributed by atoms with Crippen LogP contribution in [-0.4, -0.2) is 33.5 Å². The number of nitrogens with zero attached hydrogens (tertiary/aromatic N) is 3. The summed E-state index contributed by atoms with van der Waals surface area (Å²) in [6.07, 6.45) is 3.67. The second-order valence-corrected chi connectivity index (χ2v) is 6.63. The summed E-state index contributed by atoms with van der Waals surface area (Å²) in [5, 5.41) is 7.33. The van der Waals surface area contributed by atoms with Gasteiger partial charge in [-0.15, -0.1) is 0 Å². The molecule has 0 aromatic carbocycles. The maximum Gasteiger partial charge on any atom is 0.137 e. The van der Waals surface area contributed by atoms with Gasteiger partial charge in [-0.05, 0) is 24.3 Å². The van der Waals surface area contributed by atoms with E-state index in [1.165, 1.54) is 0 Å². The number of fused-ring (bicyclic) bond motifs is 1. The number of hydrogen-bond acceptors (Lipinski definition) is 4. The molecule has 7 heteroatoms. The molecular formula is C15H13BrClN5. The number of halogens is 2. The number of hydrogen-bond donors (Lipinski definition) is 2. The molecule has 3 aromatic rings. The molecule has 4 rings (SSSR count). The van der Waals surface area contributed by atoms with Gasteiger partial charge >= 0.3 is 0 Å². The Hall–Kier alpha value is -1.63. The van der Waals surface area contributed by atoms with Crippen LogP contribution in [-0.2, 0) is 0 Å². The Bertz CT molecular complexity index is 843. The highest BCUT2D eigenvalue weighted by atomic mass is 79.9. The number of imidazole rings is 1. The van der Waals surface area contributed by atoms with Gasteiger partial charge in [0.25, 0.3) is 0 Å². The van der Waals surface area contributed by atoms with Crippen LogP contribution in [0.3, 0.4) is 0 Å². The molecule has 0 spiro atoms. The van der Waals surface area contributed by atoms with Crippen LogP contribution in [0.15, 0.2) is 41.1 Å². The van der Waals surface area contributed by atoms with Crippen molar-refractivity contribution >= 4 is 39.0 Å². The van der Waals surface area contributed by atoms with Crippen molar-refractivity contribution in [2.75, 3.05) is 18.4 Å². The third-order valence-corrected chi connectivity index (χ3v) is 4.34. The van der Waals surface area contributed by atoms with Crippen molar-refractivity contribution in [3.63, 3.8) is 0 Å². The van der Waals surface area contributed by atoms with Gasteiger partial charge in [-0.1, -0.05) is 27.5 Å². The molecule has 0 radical (unpaired) electrons. The molecular weight excluding hydrogens is 366 g/mol. The fraction of sp³-hybridized carbons (Fsp3) is 0.200. The van der Waals surface area contributed by atoms with Gasteiger partial charge in [0.15, 0.2) is 0 Å². The van der Waals surface area contributed by atoms with E-state index < -0.39 is 0 Å². The minimum absolute atomic E-state index is 0.436. The van der Waals surface area contributed by atoms with Crippen molar-refractivity contribution < 1.29 is 0 Å². The molecule has 3 aromatic heterocycles. The first-order valence-corrected chi connectivity index (χ1v) is 8.14. The zero-order valence-corrected chi connectivity index (χ0v) is 13.9. The maximum absolute atomic E-state index is 6.10. The Morgan fingerprint density at radius 1 is 1.32 bits per heavy atom. The zero-order chi connectivity index (χ0) is 15.1. The Labute approximate surface area is 140 Å². The van der Waals surface area contributed by atoms with Crippen LogP contribution in [0.1, 0.15) is 0 Å². The molecule has 1 aliphatic heterocycles. The Morgan fingerprint density at radius 3 is 2.95 bits per heavy atom. The average Bonchev–Trinajstić information content (AvgIpc) is 2.85. The molecule has 4 heterocycles. The first kappa shape index (κ1) is 14.0. The van der Waals surface area contributed by atoms with E-state index in [4.69, 9.17) is 16.6 Å². The summed E-state index contributed by atoms with van der Waals surface area (Å²) in [5.41, 5.74) is 2.60. The quantitative estimate of drug-likeness (QED) is 0.735. The summed E-state index contributed by atoms with van der Waals surface area (Å²) >= 11 is 9.65. The lowest BCUT2D eigenvalue weighted by Gasteiger charge is -2.28. The van der Waals surface area contributed by atoms with Crippen LogP contribution in [0.2, 0.25) is 5.02 Å². The molecule has 0 bridgehead atoms. The van der Waals surface area contributed by atoms with Gasteiger partial charge < -0.3 is 10.6 Å². The van der Waals surface area contributed by atoms with Gasteiger partial charge in [-0.3, -0.25) is 4.40 Å². The Balaban J connectivity index is 1.78. The highest BCUT2D eigenvalue weighted by molar-refractivity contribution is 9.10. The molecule has 0 unspecified atom stereocenters. The fourth-order valence-electron chi connectivity index (χ4n) is 2.45. The van der Waals surface area contributed by atoms with Crippen LogP contribution >= 0.6 is 27.5 Å². The van der Waals surface area contributed by atoms with Crippen molar-refractivity contribution in [2.45, 2.75) is 6.04 Å². The molecule has 112 valence electrons. The molecule has 0 aliphatic carbocycles. The van der Waals surface area contributed by atoms with Gasteiger partial charge in [-0.25, -0.2) is 9.97 Å². The van der Waals surface area contributed by atoms with E-state index in [0.29, 0.717) is 11.1 Å². The van der Waals surface area contributed by atoms with E-state index in [-0.39, 0.29) is 0 Å². The minimum Gasteiger partial charge on any atom is -0.365 e. The lowest BCUT2D eigenvalue weighted by molar-refractivity contribution is 0.471. The average molecular weight is 379 g/mol. The fourth-order valence-corrected chi connectivity index (χ4v) is 3.04. The van der Waals surface area contributed by atoms with Gasteiger partial charge in [0.2, 0.25) is 0 Å². The smallest absolute Gasteiger partial charge is 0.137 e. The predicted octanol–water partition coefficient (Wildman–Crippen LogP) is 3.20. The van der Waals surface area contributed by atoms with Gasteiger partial charge in [0.1, 0.15) is 11.5 Å². The predicted molar refractivity (Wildman–Crippen MR) is 91.4 cm³/mol. The third-order valence-electron chi connectivity index (χ3n) is 3.66. The van der Waals surface area contributed by atoms with Crippen LogP contribution < -0.4 is 10.6 Å². The van der Waals surface area contributed by atoms with Gasteiger partial charge in [0.05, 0.1) is 28.6 Å². The summed E-state index contributed by atoms with van der Waals surface area (Å²) in [5.74, 6) is 0.854. The van der Waals surface area contributed by atoms with E-state index in [1.807, 2.05) is 41.1 Å². The first-order valence-electron chi connectivity index (χ1n) is 6.97. The van der Waals surface area contributed by atoms with Gasteiger partial charge in [-0.2, -0.15) is 0 Å². The van der Waals surface area contributed by atoms with Crippen LogP contribution in [0, 0.1) is 0 Å². The standard InChI is InChI=1S/C15H13BrClN5/c16-9-3-12(21-14(4-9)20-11-5-18-6-11)13-7-19-15-2-1-10(17)8-22(13)15/h1-4,7-8,11,18H,5-6H2,(H,20,21). The van der Waals surface area contributed by atoms with Crippen LogP contribution in [0.4, 0.5) is 5.82 Å². The highest BCUT2D eigenvalue weighted by Crippen LogP contribution is 2.26. The molecule has 22 heavy (non-hydrogen) atoms. The third kappa shape index (κ3) is 2.58. The number of anilines is 1. The summed E-state index contributed by atoms with van der Waals surface area (Å²) in [7, 11) is 0. The molecule has 1 aliphatic rings. The molecule has 0 amide bonds. The lowest BCUT2D eigenvalue weighted by atomic mass is 10.2. The molecule has 1 saturated heterocycles. The topological polar surface area (TPSA) is 54.2 Å². The summed E-state index contributed by atoms with van der Waals surface area (Å²) in [4.78, 5) is 9.11. The van der Waals surface area contributed by atoms with E-state index in [9.17, 15) is 0 Å². The van der Waals surface area contributed by atoms with Crippen molar-refractivity contribution in [3.8, 4) is 11.4 Å². The largest absolute Gasteiger partial charge is 0.365 e. The second kappa shape index (κ2) is 5.53. The molecule has 0 atom stereocenters. The second-order valence-electron chi connectivity index (χ2n) is 5.27. The molecule has 5 nitrogen and oxygen atoms in total. The monoisotopic (exact) mass is 377 g/mol. The van der Waals surface area contributed by atoms with E-state index >= 15 is 0 Å². The zero-order valence-electron chi connectivity index (χ0n) is 11.6. The van der Waals surface area contributed by atoms with Gasteiger partial charge in [0, 0.05) is 23.8 Å². The maximum atomic E-state index is 6.10. The molecule has 0 saturated carbocycles. The molecule has 2 N–H and O–H groups in total. The van der Waals surface area contributed by atoms with E-state index in [1.54, 1.807) is 0 Å². The summed E-state index contributed by atoms with van der Waals surface area (Å²) in [6, 6.07) is 8.13. The van der Waals surface area contributed by atoms with Crippen LogP contribution in [0.5, 0.6) is 0 Å². The SMILES string of the molecule is Clc1ccc2ncc(-c3cc(Br)cc(NC4CNC4)n3)n2c1. The highest BCUT2D eigenvalue weighted by Gasteiger charge is 2.17. The normalized spacial score (nSPS) is 15.0. The number of aromatic nitrogens is 3. The first-order chi connectivity index (χ1) is 10.7. The molecule has 1 fully saturated rings. The van der Waals surface area contributed by atoms with E-state index in [0.717, 1.165) is 40.4 Å². The minimum atomic E-state index is 0.436.